The van der Waals surface area contributed by atoms with Gasteiger partial charge in [-0.1, -0.05) is 18.2 Å². The molecule has 1 atom stereocenters. The van der Waals surface area contributed by atoms with Crippen LogP contribution in [0.4, 0.5) is 13.2 Å². The molecule has 92 valence electrons. The Morgan fingerprint density at radius 3 is 2.59 bits per heavy atom. The first-order valence-corrected chi connectivity index (χ1v) is 5.51. The fraction of sp³-hybridized carbons (Fsp3) is 0.385. The molecule has 0 aliphatic heterocycles. The van der Waals surface area contributed by atoms with E-state index in [4.69, 9.17) is 0 Å². The molecule has 0 saturated heterocycles. The normalized spacial score (nSPS) is 21.2. The van der Waals surface area contributed by atoms with Crippen LogP contribution in [-0.2, 0) is 6.18 Å². The zero-order chi connectivity index (χ0) is 12.5. The summed E-state index contributed by atoms with van der Waals surface area (Å²) in [6.45, 7) is 0. The topological polar surface area (TPSA) is 20.2 Å². The molecule has 0 amide bonds. The van der Waals surface area contributed by atoms with Crippen LogP contribution in [0.1, 0.15) is 30.4 Å². The van der Waals surface area contributed by atoms with Crippen molar-refractivity contribution in [2.45, 2.75) is 31.5 Å². The van der Waals surface area contributed by atoms with Gasteiger partial charge in [-0.05, 0) is 42.5 Å². The molecule has 0 bridgehead atoms. The molecule has 1 aliphatic carbocycles. The minimum absolute atomic E-state index is 0.357. The maximum absolute atomic E-state index is 12.5. The van der Waals surface area contributed by atoms with Gasteiger partial charge in [0, 0.05) is 0 Å². The number of allylic oxidation sites excluding steroid dienone is 1. The van der Waals surface area contributed by atoms with Crippen molar-refractivity contribution in [1.29, 1.82) is 0 Å². The van der Waals surface area contributed by atoms with Crippen LogP contribution >= 0.6 is 0 Å². The lowest BCUT2D eigenvalue weighted by atomic mass is 9.91. The SMILES string of the molecule is OC1CC=C(c2cccc(C(F)(F)F)c2)CC1. The first-order chi connectivity index (χ1) is 7.97. The first-order valence-electron chi connectivity index (χ1n) is 5.51. The Hall–Kier alpha value is -1.29. The molecule has 17 heavy (non-hydrogen) atoms. The minimum atomic E-state index is -4.30. The van der Waals surface area contributed by atoms with E-state index in [-0.39, 0.29) is 6.10 Å². The summed E-state index contributed by atoms with van der Waals surface area (Å²) < 4.78 is 37.6. The average Bonchev–Trinajstić information content (AvgIpc) is 2.29. The molecule has 4 heteroatoms. The van der Waals surface area contributed by atoms with Crippen molar-refractivity contribution in [3.05, 3.63) is 41.5 Å². The Labute approximate surface area is 97.6 Å². The Balaban J connectivity index is 2.28. The molecule has 0 radical (unpaired) electrons. The largest absolute Gasteiger partial charge is 0.416 e. The maximum atomic E-state index is 12.5. The molecule has 0 saturated carbocycles. The van der Waals surface area contributed by atoms with E-state index in [1.54, 1.807) is 6.07 Å². The van der Waals surface area contributed by atoms with E-state index in [1.807, 2.05) is 6.08 Å². The Bertz CT molecular complexity index is 435. The summed E-state index contributed by atoms with van der Waals surface area (Å²) in [7, 11) is 0. The molecule has 0 aromatic heterocycles. The highest BCUT2D eigenvalue weighted by Crippen LogP contribution is 2.33. The van der Waals surface area contributed by atoms with Crippen molar-refractivity contribution in [3.8, 4) is 0 Å². The highest BCUT2D eigenvalue weighted by molar-refractivity contribution is 5.67. The zero-order valence-corrected chi connectivity index (χ0v) is 9.17. The second kappa shape index (κ2) is 4.53. The Morgan fingerprint density at radius 1 is 1.24 bits per heavy atom. The van der Waals surface area contributed by atoms with Gasteiger partial charge in [0.15, 0.2) is 0 Å². The summed E-state index contributed by atoms with van der Waals surface area (Å²) in [5, 5.41) is 9.33. The summed E-state index contributed by atoms with van der Waals surface area (Å²) in [6.07, 6.45) is -1.07. The van der Waals surface area contributed by atoms with Crippen molar-refractivity contribution in [2.24, 2.45) is 0 Å². The van der Waals surface area contributed by atoms with Gasteiger partial charge in [-0.25, -0.2) is 0 Å². The summed E-state index contributed by atoms with van der Waals surface area (Å²) in [6, 6.07) is 5.34. The predicted octanol–water partition coefficient (Wildman–Crippen LogP) is 3.63. The summed E-state index contributed by atoms with van der Waals surface area (Å²) in [5.41, 5.74) is 0.871. The predicted molar refractivity (Wildman–Crippen MR) is 59.3 cm³/mol. The van der Waals surface area contributed by atoms with Gasteiger partial charge in [0.1, 0.15) is 0 Å². The molecule has 1 unspecified atom stereocenters. The summed E-state index contributed by atoms with van der Waals surface area (Å²) >= 11 is 0. The number of aliphatic hydroxyl groups is 1. The summed E-state index contributed by atoms with van der Waals surface area (Å²) in [5.74, 6) is 0. The molecule has 1 aromatic carbocycles. The molecule has 1 nitrogen and oxygen atoms in total. The van der Waals surface area contributed by atoms with Gasteiger partial charge in [0.25, 0.3) is 0 Å². The lowest BCUT2D eigenvalue weighted by Crippen LogP contribution is -2.10. The van der Waals surface area contributed by atoms with Crippen LogP contribution in [-0.4, -0.2) is 11.2 Å². The van der Waals surface area contributed by atoms with Crippen LogP contribution in [0.2, 0.25) is 0 Å². The average molecular weight is 242 g/mol. The lowest BCUT2D eigenvalue weighted by Gasteiger charge is -2.18. The lowest BCUT2D eigenvalue weighted by molar-refractivity contribution is -0.137. The quantitative estimate of drug-likeness (QED) is 0.797. The van der Waals surface area contributed by atoms with Crippen LogP contribution in [0.25, 0.3) is 5.57 Å². The summed E-state index contributed by atoms with van der Waals surface area (Å²) in [4.78, 5) is 0. The second-order valence-electron chi connectivity index (χ2n) is 4.24. The number of hydrogen-bond donors (Lipinski definition) is 1. The zero-order valence-electron chi connectivity index (χ0n) is 9.17. The number of rotatable bonds is 1. The smallest absolute Gasteiger partial charge is 0.393 e. The van der Waals surface area contributed by atoms with Crippen LogP contribution < -0.4 is 0 Å². The molecule has 0 heterocycles. The van der Waals surface area contributed by atoms with Gasteiger partial charge in [-0.3, -0.25) is 0 Å². The van der Waals surface area contributed by atoms with Crippen molar-refractivity contribution in [2.75, 3.05) is 0 Å². The minimum Gasteiger partial charge on any atom is -0.393 e. The van der Waals surface area contributed by atoms with Crippen LogP contribution in [0, 0.1) is 0 Å². The van der Waals surface area contributed by atoms with Gasteiger partial charge in [0.05, 0.1) is 11.7 Å². The van der Waals surface area contributed by atoms with Gasteiger partial charge in [-0.2, -0.15) is 13.2 Å². The van der Waals surface area contributed by atoms with Crippen LogP contribution in [0.15, 0.2) is 30.3 Å². The van der Waals surface area contributed by atoms with Crippen molar-refractivity contribution < 1.29 is 18.3 Å². The van der Waals surface area contributed by atoms with Gasteiger partial charge in [-0.15, -0.1) is 0 Å². The number of aliphatic hydroxyl groups excluding tert-OH is 1. The van der Waals surface area contributed by atoms with Gasteiger partial charge < -0.3 is 5.11 Å². The van der Waals surface area contributed by atoms with E-state index in [0.717, 1.165) is 11.6 Å². The molecule has 1 N–H and O–H groups in total. The number of halogens is 3. The van der Waals surface area contributed by atoms with Crippen LogP contribution in [0.5, 0.6) is 0 Å². The fourth-order valence-electron chi connectivity index (χ4n) is 1.98. The highest BCUT2D eigenvalue weighted by Gasteiger charge is 2.30. The number of benzene rings is 1. The van der Waals surface area contributed by atoms with E-state index in [0.29, 0.717) is 24.8 Å². The molecular weight excluding hydrogens is 229 g/mol. The molecule has 2 rings (SSSR count). The molecule has 1 aromatic rings. The second-order valence-corrected chi connectivity index (χ2v) is 4.24. The van der Waals surface area contributed by atoms with Gasteiger partial charge in [0.2, 0.25) is 0 Å². The van der Waals surface area contributed by atoms with E-state index in [9.17, 15) is 18.3 Å². The molecule has 0 fully saturated rings. The third-order valence-electron chi connectivity index (χ3n) is 2.94. The Morgan fingerprint density at radius 2 is 2.00 bits per heavy atom. The molecular formula is C13H13F3O. The maximum Gasteiger partial charge on any atom is 0.416 e. The van der Waals surface area contributed by atoms with Crippen molar-refractivity contribution in [1.82, 2.24) is 0 Å². The molecule has 0 spiro atoms. The third-order valence-corrected chi connectivity index (χ3v) is 2.94. The van der Waals surface area contributed by atoms with Crippen molar-refractivity contribution in [3.63, 3.8) is 0 Å². The van der Waals surface area contributed by atoms with Gasteiger partial charge >= 0.3 is 6.18 Å². The first kappa shape index (κ1) is 12.2. The van der Waals surface area contributed by atoms with E-state index >= 15 is 0 Å². The highest BCUT2D eigenvalue weighted by atomic mass is 19.4. The van der Waals surface area contributed by atoms with Crippen molar-refractivity contribution >= 4 is 5.57 Å². The van der Waals surface area contributed by atoms with E-state index in [2.05, 4.69) is 0 Å². The Kier molecular flexibility index (Phi) is 3.24. The third kappa shape index (κ3) is 2.88. The monoisotopic (exact) mass is 242 g/mol. The molecule has 1 aliphatic rings. The van der Waals surface area contributed by atoms with E-state index in [1.165, 1.54) is 12.1 Å². The van der Waals surface area contributed by atoms with Crippen LogP contribution in [0.3, 0.4) is 0 Å². The number of alkyl halides is 3. The number of hydrogen-bond acceptors (Lipinski definition) is 1. The fourth-order valence-corrected chi connectivity index (χ4v) is 1.98. The van der Waals surface area contributed by atoms with E-state index < -0.39 is 11.7 Å². The standard InChI is InChI=1S/C13H13F3O/c14-13(15,16)11-3-1-2-10(8-11)9-4-6-12(17)7-5-9/h1-4,8,12,17H,5-7H2.